The molecule has 1 fully saturated rings. The van der Waals surface area contributed by atoms with Crippen LogP contribution in [0.25, 0.3) is 0 Å². The van der Waals surface area contributed by atoms with Gasteiger partial charge in [-0.3, -0.25) is 9.80 Å². The second-order valence-electron chi connectivity index (χ2n) is 6.94. The number of halogens is 1. The van der Waals surface area contributed by atoms with Gasteiger partial charge in [-0.25, -0.2) is 0 Å². The minimum absolute atomic E-state index is 0.124. The van der Waals surface area contributed by atoms with E-state index in [-0.39, 0.29) is 18.2 Å². The molecule has 1 aliphatic rings. The Morgan fingerprint density at radius 2 is 1.04 bits per heavy atom. The molecule has 2 nitrogen and oxygen atoms in total. The molecule has 0 amide bonds. The summed E-state index contributed by atoms with van der Waals surface area (Å²) in [4.78, 5) is 4.88. The van der Waals surface area contributed by atoms with Crippen LogP contribution in [0.5, 0.6) is 0 Å². The van der Waals surface area contributed by atoms with Crippen molar-refractivity contribution >= 4 is 11.6 Å². The molecule has 0 unspecified atom stereocenters. The first-order chi connectivity index (χ1) is 12.7. The van der Waals surface area contributed by atoms with Crippen molar-refractivity contribution in [1.29, 1.82) is 0 Å². The molecule has 0 N–H and O–H groups in total. The van der Waals surface area contributed by atoms with Gasteiger partial charge in [0.05, 0.1) is 18.2 Å². The zero-order chi connectivity index (χ0) is 18.1. The van der Waals surface area contributed by atoms with Crippen LogP contribution in [0.2, 0.25) is 5.02 Å². The molecule has 2 atom stereocenters. The van der Waals surface area contributed by atoms with Crippen LogP contribution in [0.3, 0.4) is 0 Å². The van der Waals surface area contributed by atoms with Crippen molar-refractivity contribution in [1.82, 2.24) is 9.80 Å². The lowest BCUT2D eigenvalue weighted by atomic mass is 9.93. The van der Waals surface area contributed by atoms with Crippen LogP contribution in [0.4, 0.5) is 0 Å². The third kappa shape index (κ3) is 2.95. The molecule has 0 aliphatic carbocycles. The van der Waals surface area contributed by atoms with Crippen LogP contribution in [-0.2, 0) is 0 Å². The summed E-state index contributed by atoms with van der Waals surface area (Å²) in [6.45, 7) is 0. The van der Waals surface area contributed by atoms with E-state index in [1.165, 1.54) is 11.1 Å². The number of rotatable bonds is 3. The molecule has 132 valence electrons. The van der Waals surface area contributed by atoms with Gasteiger partial charge in [0, 0.05) is 10.6 Å². The zero-order valence-electron chi connectivity index (χ0n) is 15.1. The molecule has 0 saturated carbocycles. The van der Waals surface area contributed by atoms with E-state index >= 15 is 0 Å². The third-order valence-corrected chi connectivity index (χ3v) is 5.76. The van der Waals surface area contributed by atoms with Gasteiger partial charge < -0.3 is 0 Å². The smallest absolute Gasteiger partial charge is 0.0907 e. The summed E-state index contributed by atoms with van der Waals surface area (Å²) in [5.41, 5.74) is 3.80. The van der Waals surface area contributed by atoms with E-state index in [2.05, 4.69) is 96.7 Å². The zero-order valence-corrected chi connectivity index (χ0v) is 15.8. The van der Waals surface area contributed by atoms with Crippen molar-refractivity contribution in [3.8, 4) is 0 Å². The van der Waals surface area contributed by atoms with Crippen LogP contribution >= 0.6 is 11.6 Å². The summed E-state index contributed by atoms with van der Waals surface area (Å²) in [5, 5.41) is 0.816. The van der Waals surface area contributed by atoms with Crippen LogP contribution in [0.15, 0.2) is 84.9 Å². The maximum absolute atomic E-state index is 6.57. The lowest BCUT2D eigenvalue weighted by Crippen LogP contribution is -2.27. The first-order valence-corrected chi connectivity index (χ1v) is 9.34. The highest BCUT2D eigenvalue weighted by Gasteiger charge is 2.45. The number of hydrogen-bond donors (Lipinski definition) is 0. The predicted molar refractivity (Wildman–Crippen MR) is 108 cm³/mol. The summed E-state index contributed by atoms with van der Waals surface area (Å²) in [6, 6.07) is 30.2. The van der Waals surface area contributed by atoms with Crippen LogP contribution in [0, 0.1) is 0 Å². The van der Waals surface area contributed by atoms with Gasteiger partial charge in [0.2, 0.25) is 0 Å². The minimum atomic E-state index is 0.124. The normalized spacial score (nSPS) is 22.0. The molecule has 0 radical (unpaired) electrons. The molecule has 3 aromatic rings. The summed E-state index contributed by atoms with van der Waals surface area (Å²) in [6.07, 6.45) is 0.124. The highest BCUT2D eigenvalue weighted by atomic mass is 35.5. The second-order valence-corrected chi connectivity index (χ2v) is 7.34. The quantitative estimate of drug-likeness (QED) is 0.589. The highest BCUT2D eigenvalue weighted by molar-refractivity contribution is 6.31. The number of hydrogen-bond acceptors (Lipinski definition) is 2. The Morgan fingerprint density at radius 3 is 1.50 bits per heavy atom. The Balaban J connectivity index is 1.84. The average Bonchev–Trinajstić information content (AvgIpc) is 2.94. The van der Waals surface area contributed by atoms with Crippen molar-refractivity contribution in [3.05, 3.63) is 107 Å². The van der Waals surface area contributed by atoms with Gasteiger partial charge in [0.15, 0.2) is 0 Å². The minimum Gasteiger partial charge on any atom is -0.278 e. The van der Waals surface area contributed by atoms with Gasteiger partial charge in [-0.05, 0) is 31.3 Å². The summed E-state index contributed by atoms with van der Waals surface area (Å²) in [5.74, 6) is 0. The topological polar surface area (TPSA) is 6.48 Å². The number of likely N-dealkylation sites (N-methyl/N-ethyl adjacent to an activating group) is 2. The Kier molecular flexibility index (Phi) is 4.82. The summed E-state index contributed by atoms with van der Waals surface area (Å²) in [7, 11) is 4.40. The molecule has 3 heteroatoms. The van der Waals surface area contributed by atoms with Crippen molar-refractivity contribution in [2.24, 2.45) is 0 Å². The van der Waals surface area contributed by atoms with Crippen LogP contribution < -0.4 is 0 Å². The molecular formula is C23H23ClN2. The van der Waals surface area contributed by atoms with E-state index in [0.717, 1.165) is 10.6 Å². The fraction of sp³-hybridized carbons (Fsp3) is 0.217. The van der Waals surface area contributed by atoms with E-state index in [0.29, 0.717) is 0 Å². The van der Waals surface area contributed by atoms with E-state index in [4.69, 9.17) is 11.6 Å². The Morgan fingerprint density at radius 1 is 0.615 bits per heavy atom. The van der Waals surface area contributed by atoms with Gasteiger partial charge in [0.25, 0.3) is 0 Å². The first kappa shape index (κ1) is 17.3. The Bertz CT molecular complexity index is 814. The number of nitrogens with zero attached hydrogens (tertiary/aromatic N) is 2. The predicted octanol–water partition coefficient (Wildman–Crippen LogP) is 5.70. The van der Waals surface area contributed by atoms with Crippen molar-refractivity contribution in [2.45, 2.75) is 18.2 Å². The van der Waals surface area contributed by atoms with E-state index < -0.39 is 0 Å². The van der Waals surface area contributed by atoms with Gasteiger partial charge in [0.1, 0.15) is 0 Å². The lowest BCUT2D eigenvalue weighted by molar-refractivity contribution is 0.164. The van der Waals surface area contributed by atoms with Crippen LogP contribution in [0.1, 0.15) is 34.9 Å². The molecule has 0 spiro atoms. The highest BCUT2D eigenvalue weighted by Crippen LogP contribution is 2.51. The Hall–Kier alpha value is -2.13. The fourth-order valence-electron chi connectivity index (χ4n) is 4.30. The van der Waals surface area contributed by atoms with E-state index in [1.54, 1.807) is 0 Å². The van der Waals surface area contributed by atoms with Crippen LogP contribution in [-0.4, -0.2) is 23.9 Å². The molecule has 0 bridgehead atoms. The fourth-order valence-corrected chi connectivity index (χ4v) is 4.53. The SMILES string of the molecule is CN1C(c2ccccc2Cl)N(C)[C@@H](c2ccccc2)[C@@H]1c1ccccc1. The van der Waals surface area contributed by atoms with Crippen molar-refractivity contribution in [2.75, 3.05) is 14.1 Å². The first-order valence-electron chi connectivity index (χ1n) is 8.96. The summed E-state index contributed by atoms with van der Waals surface area (Å²) < 4.78 is 0. The maximum Gasteiger partial charge on any atom is 0.0907 e. The second kappa shape index (κ2) is 7.24. The van der Waals surface area contributed by atoms with E-state index in [9.17, 15) is 0 Å². The summed E-state index contributed by atoms with van der Waals surface area (Å²) >= 11 is 6.57. The molecule has 1 saturated heterocycles. The molecule has 3 aromatic carbocycles. The largest absolute Gasteiger partial charge is 0.278 e. The molecule has 26 heavy (non-hydrogen) atoms. The van der Waals surface area contributed by atoms with Gasteiger partial charge in [-0.2, -0.15) is 0 Å². The molecule has 1 heterocycles. The van der Waals surface area contributed by atoms with Gasteiger partial charge in [-0.15, -0.1) is 0 Å². The molecule has 4 rings (SSSR count). The van der Waals surface area contributed by atoms with Crippen molar-refractivity contribution < 1.29 is 0 Å². The number of benzene rings is 3. The molecular weight excluding hydrogens is 340 g/mol. The molecule has 1 aliphatic heterocycles. The standard InChI is InChI=1S/C23H23ClN2/c1-25-21(17-11-5-3-6-12-17)22(18-13-7-4-8-14-18)26(2)23(25)19-15-9-10-16-20(19)24/h3-16,21-23H,1-2H3/t21-,22-/m0/s1. The lowest BCUT2D eigenvalue weighted by Gasteiger charge is -2.28. The average molecular weight is 363 g/mol. The Labute approximate surface area is 160 Å². The monoisotopic (exact) mass is 362 g/mol. The van der Waals surface area contributed by atoms with Gasteiger partial charge >= 0.3 is 0 Å². The van der Waals surface area contributed by atoms with Gasteiger partial charge in [-0.1, -0.05) is 90.5 Å². The van der Waals surface area contributed by atoms with E-state index in [1.807, 2.05) is 12.1 Å². The molecule has 0 aromatic heterocycles. The third-order valence-electron chi connectivity index (χ3n) is 5.41. The van der Waals surface area contributed by atoms with Crippen molar-refractivity contribution in [3.63, 3.8) is 0 Å². The maximum atomic E-state index is 6.57.